The lowest BCUT2D eigenvalue weighted by atomic mass is 10.1. The number of hydrogen-bond acceptors (Lipinski definition) is 3. The van der Waals surface area contributed by atoms with Crippen LogP contribution in [-0.4, -0.2) is 21.3 Å². The van der Waals surface area contributed by atoms with Gasteiger partial charge in [0.25, 0.3) is 0 Å². The molecule has 0 radical (unpaired) electrons. The van der Waals surface area contributed by atoms with Crippen LogP contribution in [0.2, 0.25) is 0 Å². The molecule has 1 aliphatic rings. The van der Waals surface area contributed by atoms with E-state index in [1.807, 2.05) is 28.8 Å². The number of aliphatic hydroxyl groups is 1. The van der Waals surface area contributed by atoms with Crippen LogP contribution in [0.3, 0.4) is 0 Å². The third-order valence-corrected chi connectivity index (χ3v) is 2.92. The summed E-state index contributed by atoms with van der Waals surface area (Å²) in [6.45, 7) is 0.599. The van der Waals surface area contributed by atoms with Crippen molar-refractivity contribution in [1.82, 2.24) is 9.55 Å². The van der Waals surface area contributed by atoms with Crippen LogP contribution in [0, 0.1) is 0 Å². The highest BCUT2D eigenvalue weighted by Crippen LogP contribution is 2.34. The smallest absolute Gasteiger partial charge is 0.124 e. The van der Waals surface area contributed by atoms with E-state index in [0.717, 1.165) is 17.0 Å². The molecule has 1 unspecified atom stereocenters. The minimum atomic E-state index is -0.00132. The summed E-state index contributed by atoms with van der Waals surface area (Å²) in [7, 11) is 0. The third-order valence-electron chi connectivity index (χ3n) is 2.92. The van der Waals surface area contributed by atoms with Gasteiger partial charge in [0.1, 0.15) is 12.4 Å². The molecule has 0 amide bonds. The highest BCUT2D eigenvalue weighted by atomic mass is 16.5. The average Bonchev–Trinajstić information content (AvgIpc) is 2.94. The summed E-state index contributed by atoms with van der Waals surface area (Å²) >= 11 is 0. The van der Waals surface area contributed by atoms with Crippen LogP contribution in [0.25, 0.3) is 0 Å². The molecule has 3 rings (SSSR count). The molecule has 1 N–H and O–H groups in total. The van der Waals surface area contributed by atoms with Gasteiger partial charge in [0, 0.05) is 5.56 Å². The number of para-hydroxylation sites is 1. The van der Waals surface area contributed by atoms with Gasteiger partial charge in [-0.3, -0.25) is 0 Å². The zero-order valence-corrected chi connectivity index (χ0v) is 8.71. The predicted molar refractivity (Wildman–Crippen MR) is 58.2 cm³/mol. The number of aliphatic hydroxyl groups excluding tert-OH is 1. The standard InChI is InChI=1S/C12H12N2O2/c15-6-9-5-13-8-14(9)11-7-16-12-4-2-1-3-10(11)12/h1-5,8,11,15H,6-7H2. The lowest BCUT2D eigenvalue weighted by Gasteiger charge is -2.13. The third kappa shape index (κ3) is 1.31. The maximum absolute atomic E-state index is 9.21. The molecular formula is C12H12N2O2. The van der Waals surface area contributed by atoms with E-state index in [4.69, 9.17) is 4.74 Å². The lowest BCUT2D eigenvalue weighted by Crippen LogP contribution is -2.13. The Morgan fingerprint density at radius 1 is 1.44 bits per heavy atom. The maximum atomic E-state index is 9.21. The Balaban J connectivity index is 2.04. The molecule has 1 atom stereocenters. The first kappa shape index (κ1) is 9.42. The van der Waals surface area contributed by atoms with Crippen LogP contribution >= 0.6 is 0 Å². The van der Waals surface area contributed by atoms with Gasteiger partial charge in [-0.25, -0.2) is 4.98 Å². The molecule has 0 saturated heterocycles. The van der Waals surface area contributed by atoms with Crippen molar-refractivity contribution >= 4 is 0 Å². The first-order valence-corrected chi connectivity index (χ1v) is 5.23. The molecule has 1 aliphatic heterocycles. The molecule has 2 heterocycles. The summed E-state index contributed by atoms with van der Waals surface area (Å²) in [4.78, 5) is 4.06. The molecule has 1 aromatic heterocycles. The van der Waals surface area contributed by atoms with E-state index in [1.165, 1.54) is 0 Å². The Morgan fingerprint density at radius 3 is 3.19 bits per heavy atom. The molecule has 4 nitrogen and oxygen atoms in total. The molecular weight excluding hydrogens is 204 g/mol. The van der Waals surface area contributed by atoms with Crippen LogP contribution in [-0.2, 0) is 6.61 Å². The SMILES string of the molecule is OCc1cncn1C1COc2ccccc21. The number of aromatic nitrogens is 2. The summed E-state index contributed by atoms with van der Waals surface area (Å²) in [5, 5.41) is 9.21. The van der Waals surface area contributed by atoms with Gasteiger partial charge >= 0.3 is 0 Å². The van der Waals surface area contributed by atoms with Gasteiger partial charge in [-0.1, -0.05) is 18.2 Å². The number of nitrogens with zero attached hydrogens (tertiary/aromatic N) is 2. The van der Waals surface area contributed by atoms with Crippen molar-refractivity contribution in [3.05, 3.63) is 48.0 Å². The molecule has 82 valence electrons. The second-order valence-electron chi connectivity index (χ2n) is 3.81. The Labute approximate surface area is 93.1 Å². The molecule has 16 heavy (non-hydrogen) atoms. The summed E-state index contributed by atoms with van der Waals surface area (Å²) < 4.78 is 7.57. The van der Waals surface area contributed by atoms with E-state index >= 15 is 0 Å². The van der Waals surface area contributed by atoms with Gasteiger partial charge in [0.15, 0.2) is 0 Å². The monoisotopic (exact) mass is 216 g/mol. The lowest BCUT2D eigenvalue weighted by molar-refractivity contribution is 0.260. The van der Waals surface area contributed by atoms with Crippen molar-refractivity contribution in [3.8, 4) is 5.75 Å². The molecule has 0 bridgehead atoms. The summed E-state index contributed by atoms with van der Waals surface area (Å²) in [6, 6.07) is 8.10. The number of hydrogen-bond donors (Lipinski definition) is 1. The van der Waals surface area contributed by atoms with Gasteiger partial charge in [-0.2, -0.15) is 0 Å². The van der Waals surface area contributed by atoms with Gasteiger partial charge in [0.2, 0.25) is 0 Å². The number of imidazole rings is 1. The van der Waals surface area contributed by atoms with Gasteiger partial charge in [0.05, 0.1) is 30.9 Å². The van der Waals surface area contributed by atoms with Crippen LogP contribution in [0.4, 0.5) is 0 Å². The second kappa shape index (κ2) is 3.64. The minimum Gasteiger partial charge on any atom is -0.491 e. The zero-order chi connectivity index (χ0) is 11.0. The van der Waals surface area contributed by atoms with E-state index in [0.29, 0.717) is 6.61 Å². The van der Waals surface area contributed by atoms with Gasteiger partial charge < -0.3 is 14.4 Å². The molecule has 2 aromatic rings. The Hall–Kier alpha value is -1.81. The van der Waals surface area contributed by atoms with E-state index < -0.39 is 0 Å². The average molecular weight is 216 g/mol. The highest BCUT2D eigenvalue weighted by molar-refractivity contribution is 5.40. The highest BCUT2D eigenvalue weighted by Gasteiger charge is 2.26. The molecule has 0 aliphatic carbocycles. The largest absolute Gasteiger partial charge is 0.491 e. The Morgan fingerprint density at radius 2 is 2.31 bits per heavy atom. The molecule has 4 heteroatoms. The molecule has 0 saturated carbocycles. The van der Waals surface area contributed by atoms with Crippen LogP contribution in [0.5, 0.6) is 5.75 Å². The number of rotatable bonds is 2. The minimum absolute atomic E-state index is 0.00132. The zero-order valence-electron chi connectivity index (χ0n) is 8.71. The summed E-state index contributed by atoms with van der Waals surface area (Å²) in [5.41, 5.74) is 1.96. The fourth-order valence-corrected chi connectivity index (χ4v) is 2.11. The van der Waals surface area contributed by atoms with Crippen molar-refractivity contribution in [1.29, 1.82) is 0 Å². The maximum Gasteiger partial charge on any atom is 0.124 e. The molecule has 0 fully saturated rings. The normalized spacial score (nSPS) is 18.2. The van der Waals surface area contributed by atoms with E-state index in [-0.39, 0.29) is 12.6 Å². The van der Waals surface area contributed by atoms with Crippen LogP contribution in [0.15, 0.2) is 36.8 Å². The van der Waals surface area contributed by atoms with E-state index in [2.05, 4.69) is 4.98 Å². The van der Waals surface area contributed by atoms with Crippen molar-refractivity contribution in [2.75, 3.05) is 6.61 Å². The fourth-order valence-electron chi connectivity index (χ4n) is 2.11. The topological polar surface area (TPSA) is 47.3 Å². The van der Waals surface area contributed by atoms with E-state index in [9.17, 15) is 5.11 Å². The fraction of sp³-hybridized carbons (Fsp3) is 0.250. The molecule has 0 spiro atoms. The molecule has 1 aromatic carbocycles. The van der Waals surface area contributed by atoms with Crippen molar-refractivity contribution in [2.24, 2.45) is 0 Å². The quantitative estimate of drug-likeness (QED) is 0.824. The van der Waals surface area contributed by atoms with Crippen LogP contribution < -0.4 is 4.74 Å². The Kier molecular flexibility index (Phi) is 2.15. The van der Waals surface area contributed by atoms with Gasteiger partial charge in [-0.05, 0) is 6.07 Å². The number of benzene rings is 1. The second-order valence-corrected chi connectivity index (χ2v) is 3.81. The summed E-state index contributed by atoms with van der Waals surface area (Å²) in [6.07, 6.45) is 3.42. The first-order valence-electron chi connectivity index (χ1n) is 5.23. The number of fused-ring (bicyclic) bond motifs is 1. The first-order chi connectivity index (χ1) is 7.90. The van der Waals surface area contributed by atoms with Crippen molar-refractivity contribution in [2.45, 2.75) is 12.6 Å². The van der Waals surface area contributed by atoms with Crippen LogP contribution in [0.1, 0.15) is 17.3 Å². The Bertz CT molecular complexity index is 507. The predicted octanol–water partition coefficient (Wildman–Crippen LogP) is 1.36. The van der Waals surface area contributed by atoms with Crippen molar-refractivity contribution < 1.29 is 9.84 Å². The number of ether oxygens (including phenoxy) is 1. The van der Waals surface area contributed by atoms with Gasteiger partial charge in [-0.15, -0.1) is 0 Å². The van der Waals surface area contributed by atoms with Crippen molar-refractivity contribution in [3.63, 3.8) is 0 Å². The summed E-state index contributed by atoms with van der Waals surface area (Å²) in [5.74, 6) is 0.921. The van der Waals surface area contributed by atoms with E-state index in [1.54, 1.807) is 12.5 Å².